The number of primary sulfonamides is 1. The van der Waals surface area contributed by atoms with Crippen molar-refractivity contribution in [2.24, 2.45) is 5.14 Å². The monoisotopic (exact) mass is 552 g/mol. The van der Waals surface area contributed by atoms with E-state index in [9.17, 15) is 26.4 Å². The van der Waals surface area contributed by atoms with Gasteiger partial charge in [-0.15, -0.1) is 11.3 Å². The van der Waals surface area contributed by atoms with Crippen LogP contribution in [0.1, 0.15) is 41.4 Å². The van der Waals surface area contributed by atoms with Crippen LogP contribution in [0.2, 0.25) is 0 Å². The molecule has 0 saturated heterocycles. The predicted octanol–water partition coefficient (Wildman–Crippen LogP) is 1.98. The molecular weight excluding hydrogens is 524 g/mol. The molecule has 3 rings (SSSR count). The molecule has 0 radical (unpaired) electrons. The van der Waals surface area contributed by atoms with E-state index in [-0.39, 0.29) is 23.0 Å². The quantitative estimate of drug-likeness (QED) is 0.384. The maximum Gasteiger partial charge on any atom is 0.251 e. The molecule has 1 atom stereocenters. The van der Waals surface area contributed by atoms with E-state index in [4.69, 9.17) is 5.14 Å². The van der Waals surface area contributed by atoms with Gasteiger partial charge in [0.25, 0.3) is 5.91 Å². The average molecular weight is 553 g/mol. The lowest BCUT2D eigenvalue weighted by Crippen LogP contribution is -2.40. The molecule has 36 heavy (non-hydrogen) atoms. The van der Waals surface area contributed by atoms with E-state index >= 15 is 0 Å². The van der Waals surface area contributed by atoms with Crippen LogP contribution in [0.15, 0.2) is 42.5 Å². The Morgan fingerprint density at radius 2 is 1.64 bits per heavy atom. The standard InChI is InChI=1S/C23H28N4O6S3/c1-23(2,3)27-20(28)15-7-5-14(6-8-15)16-9-10-17-18(13-16)34-22(26-17)19(35(4,30)31)21(29)25-11-12-36(24,32)33/h5-10,13,19H,11-12H2,1-4H3,(H,25,29)(H,27,28)(H2,24,32,33). The number of fused-ring (bicyclic) bond motifs is 1. The molecule has 0 bridgehead atoms. The number of hydrogen-bond donors (Lipinski definition) is 3. The Bertz CT molecular complexity index is 1510. The van der Waals surface area contributed by atoms with Crippen molar-refractivity contribution in [1.29, 1.82) is 0 Å². The molecule has 0 aliphatic carbocycles. The number of carbonyl (C=O) groups is 2. The number of benzene rings is 2. The van der Waals surface area contributed by atoms with Crippen molar-refractivity contribution in [3.05, 3.63) is 53.0 Å². The fraction of sp³-hybridized carbons (Fsp3) is 0.348. The molecule has 0 aliphatic rings. The van der Waals surface area contributed by atoms with Gasteiger partial charge in [-0.25, -0.2) is 27.0 Å². The Labute approximate surface area is 214 Å². The van der Waals surface area contributed by atoms with Crippen LogP contribution in [0, 0.1) is 0 Å². The van der Waals surface area contributed by atoms with E-state index in [1.165, 1.54) is 0 Å². The third-order valence-electron chi connectivity index (χ3n) is 4.95. The van der Waals surface area contributed by atoms with E-state index in [1.807, 2.05) is 45.0 Å². The first-order chi connectivity index (χ1) is 16.5. The van der Waals surface area contributed by atoms with E-state index in [1.54, 1.807) is 18.2 Å². The summed E-state index contributed by atoms with van der Waals surface area (Å²) in [5.74, 6) is -1.56. The van der Waals surface area contributed by atoms with Crippen molar-refractivity contribution in [3.63, 3.8) is 0 Å². The highest BCUT2D eigenvalue weighted by Crippen LogP contribution is 2.33. The first-order valence-electron chi connectivity index (χ1n) is 10.8. The summed E-state index contributed by atoms with van der Waals surface area (Å²) < 4.78 is 47.7. The lowest BCUT2D eigenvalue weighted by atomic mass is 10.0. The van der Waals surface area contributed by atoms with Gasteiger partial charge in [-0.1, -0.05) is 18.2 Å². The minimum Gasteiger partial charge on any atom is -0.354 e. The number of nitrogens with two attached hydrogens (primary N) is 1. The molecule has 2 amide bonds. The molecule has 3 aromatic rings. The second-order valence-corrected chi connectivity index (χ2v) is 14.3. The fourth-order valence-corrected chi connectivity index (χ4v) is 6.29. The summed E-state index contributed by atoms with van der Waals surface area (Å²) in [6.07, 6.45) is 0.922. The summed E-state index contributed by atoms with van der Waals surface area (Å²) in [6.45, 7) is 5.39. The fourth-order valence-electron chi connectivity index (χ4n) is 3.36. The SMILES string of the molecule is CC(C)(C)NC(=O)c1ccc(-c2ccc3nc(C(C(=O)NCCS(N)(=O)=O)S(C)(=O)=O)sc3c2)cc1. The molecule has 2 aromatic carbocycles. The Balaban J connectivity index is 1.87. The Kier molecular flexibility index (Phi) is 7.89. The van der Waals surface area contributed by atoms with Crippen LogP contribution in [0.25, 0.3) is 21.3 Å². The van der Waals surface area contributed by atoms with E-state index in [0.717, 1.165) is 28.7 Å². The van der Waals surface area contributed by atoms with Crippen LogP contribution in [0.5, 0.6) is 0 Å². The number of amides is 2. The zero-order valence-electron chi connectivity index (χ0n) is 20.2. The summed E-state index contributed by atoms with van der Waals surface area (Å²) in [4.78, 5) is 29.3. The van der Waals surface area contributed by atoms with E-state index < -0.39 is 36.8 Å². The number of rotatable bonds is 8. The van der Waals surface area contributed by atoms with E-state index in [2.05, 4.69) is 15.6 Å². The molecule has 13 heteroatoms. The molecule has 1 heterocycles. The van der Waals surface area contributed by atoms with Crippen molar-refractivity contribution in [3.8, 4) is 11.1 Å². The summed E-state index contributed by atoms with van der Waals surface area (Å²) >= 11 is 1.06. The largest absolute Gasteiger partial charge is 0.354 e. The first kappa shape index (κ1) is 27.7. The minimum absolute atomic E-state index is 0.0759. The van der Waals surface area contributed by atoms with Crippen molar-refractivity contribution in [1.82, 2.24) is 15.6 Å². The van der Waals surface area contributed by atoms with Crippen LogP contribution in [-0.2, 0) is 24.7 Å². The maximum atomic E-state index is 12.6. The maximum absolute atomic E-state index is 12.6. The average Bonchev–Trinajstić information content (AvgIpc) is 3.13. The van der Waals surface area contributed by atoms with Crippen molar-refractivity contribution >= 4 is 53.2 Å². The van der Waals surface area contributed by atoms with Gasteiger partial charge in [0, 0.05) is 23.9 Å². The van der Waals surface area contributed by atoms with Gasteiger partial charge in [0.2, 0.25) is 15.9 Å². The Hall–Kier alpha value is -2.87. The van der Waals surface area contributed by atoms with Crippen LogP contribution < -0.4 is 15.8 Å². The third-order valence-corrected chi connectivity index (χ3v) is 8.25. The molecule has 0 spiro atoms. The second kappa shape index (κ2) is 10.2. The third kappa shape index (κ3) is 7.32. The van der Waals surface area contributed by atoms with Gasteiger partial charge in [0.15, 0.2) is 15.1 Å². The van der Waals surface area contributed by atoms with Crippen molar-refractivity contribution in [2.45, 2.75) is 31.6 Å². The Morgan fingerprint density at radius 1 is 1.03 bits per heavy atom. The lowest BCUT2D eigenvalue weighted by molar-refractivity contribution is -0.120. The number of hydrogen-bond acceptors (Lipinski definition) is 8. The van der Waals surface area contributed by atoms with Crippen LogP contribution in [-0.4, -0.2) is 57.7 Å². The van der Waals surface area contributed by atoms with Crippen LogP contribution in [0.4, 0.5) is 0 Å². The molecule has 194 valence electrons. The highest BCUT2D eigenvalue weighted by Gasteiger charge is 2.34. The molecule has 1 unspecified atom stereocenters. The summed E-state index contributed by atoms with van der Waals surface area (Å²) in [7, 11) is -7.71. The first-order valence-corrected chi connectivity index (χ1v) is 15.3. The predicted molar refractivity (Wildman–Crippen MR) is 141 cm³/mol. The van der Waals surface area contributed by atoms with Gasteiger partial charge in [-0.2, -0.15) is 0 Å². The summed E-state index contributed by atoms with van der Waals surface area (Å²) in [6, 6.07) is 12.5. The molecule has 4 N–H and O–H groups in total. The molecule has 10 nitrogen and oxygen atoms in total. The van der Waals surface area contributed by atoms with Gasteiger partial charge in [0.05, 0.1) is 16.0 Å². The molecule has 0 saturated carbocycles. The van der Waals surface area contributed by atoms with Crippen LogP contribution in [0.3, 0.4) is 0 Å². The van der Waals surface area contributed by atoms with Gasteiger partial charge in [-0.3, -0.25) is 9.59 Å². The number of nitrogens with one attached hydrogen (secondary N) is 2. The van der Waals surface area contributed by atoms with Crippen molar-refractivity contribution < 1.29 is 26.4 Å². The highest BCUT2D eigenvalue weighted by atomic mass is 32.2. The van der Waals surface area contributed by atoms with Gasteiger partial charge in [-0.05, 0) is 56.2 Å². The Morgan fingerprint density at radius 3 is 2.19 bits per heavy atom. The smallest absolute Gasteiger partial charge is 0.251 e. The molecule has 0 aliphatic heterocycles. The zero-order valence-corrected chi connectivity index (χ0v) is 22.7. The lowest BCUT2D eigenvalue weighted by Gasteiger charge is -2.20. The topological polar surface area (TPSA) is 165 Å². The number of carbonyl (C=O) groups excluding carboxylic acids is 2. The minimum atomic E-state index is -3.90. The highest BCUT2D eigenvalue weighted by molar-refractivity contribution is 7.91. The second-order valence-electron chi connectivity index (χ2n) is 9.38. The van der Waals surface area contributed by atoms with Crippen LogP contribution >= 0.6 is 11.3 Å². The molecular formula is C23H28N4O6S3. The number of thiazole rings is 1. The van der Waals surface area contributed by atoms with E-state index in [0.29, 0.717) is 15.8 Å². The van der Waals surface area contributed by atoms with Gasteiger partial charge < -0.3 is 10.6 Å². The van der Waals surface area contributed by atoms with Gasteiger partial charge >= 0.3 is 0 Å². The normalized spacial score (nSPS) is 13.4. The number of nitrogens with zero attached hydrogens (tertiary/aromatic N) is 1. The number of aromatic nitrogens is 1. The number of sulfonamides is 1. The molecule has 1 aromatic heterocycles. The van der Waals surface area contributed by atoms with Crippen molar-refractivity contribution in [2.75, 3.05) is 18.6 Å². The van der Waals surface area contributed by atoms with Gasteiger partial charge in [0.1, 0.15) is 5.01 Å². The summed E-state index contributed by atoms with van der Waals surface area (Å²) in [5, 5.41) is 8.64. The molecule has 0 fully saturated rings. The zero-order chi connectivity index (χ0) is 26.9. The summed E-state index contributed by atoms with van der Waals surface area (Å²) in [5.41, 5.74) is 2.37. The number of sulfone groups is 1.